The number of esters is 1. The topological polar surface area (TPSA) is 161 Å². The third kappa shape index (κ3) is 10.1. The van der Waals surface area contributed by atoms with Crippen LogP contribution in [-0.4, -0.2) is 92.1 Å². The molecular formula is C29H48N2O10SSi. The van der Waals surface area contributed by atoms with Gasteiger partial charge in [0.05, 0.1) is 32.0 Å². The third-order valence-corrected chi connectivity index (χ3v) is 12.7. The highest BCUT2D eigenvalue weighted by molar-refractivity contribution is 7.99. The summed E-state index contributed by atoms with van der Waals surface area (Å²) in [6.07, 6.45) is 0.274. The minimum atomic E-state index is -2.31. The van der Waals surface area contributed by atoms with E-state index in [1.807, 2.05) is 0 Å². The maximum absolute atomic E-state index is 13.0. The Morgan fingerprint density at radius 2 is 1.70 bits per heavy atom. The molecule has 12 nitrogen and oxygen atoms in total. The Kier molecular flexibility index (Phi) is 13.6. The number of aliphatic hydroxyl groups excluding tert-OH is 1. The van der Waals surface area contributed by atoms with Gasteiger partial charge in [0.1, 0.15) is 17.5 Å². The minimum Gasteiger partial charge on any atom is -0.543 e. The lowest BCUT2D eigenvalue weighted by Crippen LogP contribution is -2.55. The van der Waals surface area contributed by atoms with Gasteiger partial charge in [-0.3, -0.25) is 14.4 Å². The van der Waals surface area contributed by atoms with Gasteiger partial charge in [0, 0.05) is 28.2 Å². The third-order valence-electron chi connectivity index (χ3n) is 7.13. The summed E-state index contributed by atoms with van der Waals surface area (Å²) in [5, 5.41) is 22.7. The maximum Gasteiger partial charge on any atom is 0.336 e. The van der Waals surface area contributed by atoms with E-state index >= 15 is 0 Å². The van der Waals surface area contributed by atoms with Crippen LogP contribution in [0.2, 0.25) is 18.1 Å². The molecule has 0 radical (unpaired) electrons. The number of aromatic carboxylic acids is 1. The van der Waals surface area contributed by atoms with Crippen molar-refractivity contribution in [1.82, 2.24) is 10.4 Å². The molecule has 43 heavy (non-hydrogen) atoms. The van der Waals surface area contributed by atoms with Crippen molar-refractivity contribution in [2.24, 2.45) is 0 Å². The molecule has 244 valence electrons. The molecule has 0 aliphatic carbocycles. The molecule has 0 spiro atoms. The summed E-state index contributed by atoms with van der Waals surface area (Å²) in [4.78, 5) is 55.3. The fourth-order valence-electron chi connectivity index (χ4n) is 3.79. The highest BCUT2D eigenvalue weighted by atomic mass is 32.2. The number of hydrogen-bond acceptors (Lipinski definition) is 10. The van der Waals surface area contributed by atoms with Crippen LogP contribution in [0.25, 0.3) is 0 Å². The number of nitrogens with zero attached hydrogens (tertiary/aromatic N) is 1. The molecule has 1 rings (SSSR count). The number of rotatable bonds is 15. The maximum atomic E-state index is 13.0. The largest absolute Gasteiger partial charge is 0.543 e. The van der Waals surface area contributed by atoms with Crippen molar-refractivity contribution >= 4 is 44.3 Å². The highest BCUT2D eigenvalue weighted by Gasteiger charge is 2.40. The molecule has 0 bridgehead atoms. The first-order valence-corrected chi connectivity index (χ1v) is 17.8. The number of carbonyl (C=O) groups excluding carboxylic acids is 3. The second-order valence-corrected chi connectivity index (χ2v) is 18.7. The van der Waals surface area contributed by atoms with E-state index in [1.54, 1.807) is 40.7 Å². The van der Waals surface area contributed by atoms with Gasteiger partial charge < -0.3 is 29.4 Å². The van der Waals surface area contributed by atoms with Crippen LogP contribution in [0.15, 0.2) is 6.07 Å². The van der Waals surface area contributed by atoms with Crippen molar-refractivity contribution in [3.05, 3.63) is 22.8 Å². The molecule has 14 heteroatoms. The molecule has 1 aromatic carbocycles. The van der Waals surface area contributed by atoms with Gasteiger partial charge in [-0.1, -0.05) is 20.8 Å². The lowest BCUT2D eigenvalue weighted by Gasteiger charge is -2.37. The number of aliphatic hydroxyl groups is 1. The number of carboxylic acid groups (broad SMARTS) is 1. The lowest BCUT2D eigenvalue weighted by molar-refractivity contribution is -0.234. The van der Waals surface area contributed by atoms with Gasteiger partial charge in [0.15, 0.2) is 6.04 Å². The van der Waals surface area contributed by atoms with E-state index in [2.05, 4.69) is 39.2 Å². The molecule has 3 unspecified atom stereocenters. The van der Waals surface area contributed by atoms with E-state index in [4.69, 9.17) is 18.7 Å². The molecule has 0 aliphatic heterocycles. The normalized spacial score (nSPS) is 14.3. The van der Waals surface area contributed by atoms with Crippen molar-refractivity contribution in [2.75, 3.05) is 26.6 Å². The van der Waals surface area contributed by atoms with Crippen LogP contribution in [0.1, 0.15) is 75.2 Å². The molecule has 0 aliphatic rings. The molecule has 0 heterocycles. The van der Waals surface area contributed by atoms with E-state index in [0.717, 1.165) is 7.11 Å². The van der Waals surface area contributed by atoms with Gasteiger partial charge in [0.25, 0.3) is 0 Å². The molecule has 2 amide bonds. The number of benzene rings is 1. The number of nitrogens with one attached hydrogen (secondary N) is 1. The molecular weight excluding hydrogens is 596 g/mol. The summed E-state index contributed by atoms with van der Waals surface area (Å²) < 4.78 is 17.0. The molecule has 0 saturated carbocycles. The zero-order chi connectivity index (χ0) is 33.5. The SMILES string of the molecule is COC(=O)C(CSC(C)c1c(OC)cc(O[Si](C)(C)C(C)(C)C)c(C)c1C(=O)O)NC(=O)C(CO)N(C=O)OC(C)(C)C. The summed E-state index contributed by atoms with van der Waals surface area (Å²) in [6, 6.07) is -0.923. The van der Waals surface area contributed by atoms with Crippen LogP contribution in [0.5, 0.6) is 11.5 Å². The van der Waals surface area contributed by atoms with Crippen molar-refractivity contribution in [2.45, 2.75) is 96.5 Å². The number of thioether (sulfide) groups is 1. The first-order chi connectivity index (χ1) is 19.6. The summed E-state index contributed by atoms with van der Waals surface area (Å²) in [6.45, 7) is 18.1. The standard InChI is InChI=1S/C29H48N2O10SSi/c1-17-21(40-43(11,12)29(6,7)8)13-22(38-9)24(23(17)26(35)36)18(2)42-15-19(27(37)39-10)30-25(34)20(14-32)31(16-33)41-28(3,4)5/h13,16,18-20,32H,14-15H2,1-12H3,(H,30,34)(H,35,36). The molecule has 0 fully saturated rings. The average Bonchev–Trinajstić information content (AvgIpc) is 2.89. The first kappa shape index (κ1) is 38.2. The number of hydrogen-bond donors (Lipinski definition) is 3. The van der Waals surface area contributed by atoms with E-state index in [9.17, 15) is 29.4 Å². The second kappa shape index (κ2) is 15.3. The number of amides is 2. The monoisotopic (exact) mass is 644 g/mol. The van der Waals surface area contributed by atoms with Crippen LogP contribution in [0.3, 0.4) is 0 Å². The highest BCUT2D eigenvalue weighted by Crippen LogP contribution is 2.45. The fourth-order valence-corrected chi connectivity index (χ4v) is 5.96. The van der Waals surface area contributed by atoms with Crippen LogP contribution >= 0.6 is 11.8 Å². The quantitative estimate of drug-likeness (QED) is 0.109. The van der Waals surface area contributed by atoms with Crippen molar-refractivity contribution in [3.8, 4) is 11.5 Å². The zero-order valence-corrected chi connectivity index (χ0v) is 29.1. The van der Waals surface area contributed by atoms with Gasteiger partial charge in [-0.15, -0.1) is 0 Å². The van der Waals surface area contributed by atoms with Crippen LogP contribution in [-0.2, 0) is 24.0 Å². The van der Waals surface area contributed by atoms with E-state index in [-0.39, 0.29) is 22.8 Å². The Morgan fingerprint density at radius 3 is 2.12 bits per heavy atom. The van der Waals surface area contributed by atoms with Gasteiger partial charge in [-0.25, -0.2) is 14.7 Å². The summed E-state index contributed by atoms with van der Waals surface area (Å²) >= 11 is 1.19. The first-order valence-electron chi connectivity index (χ1n) is 13.8. The Balaban J connectivity index is 3.38. The molecule has 0 saturated heterocycles. The van der Waals surface area contributed by atoms with E-state index < -0.39 is 55.7 Å². The van der Waals surface area contributed by atoms with Crippen molar-refractivity contribution in [1.29, 1.82) is 0 Å². The van der Waals surface area contributed by atoms with Crippen LogP contribution < -0.4 is 14.5 Å². The average molecular weight is 645 g/mol. The molecule has 0 aromatic heterocycles. The minimum absolute atomic E-state index is 0.0254. The summed E-state index contributed by atoms with van der Waals surface area (Å²) in [5.41, 5.74) is 0.0466. The number of carbonyl (C=O) groups is 4. The van der Waals surface area contributed by atoms with Gasteiger partial charge in [-0.2, -0.15) is 11.8 Å². The van der Waals surface area contributed by atoms with Gasteiger partial charge in [-0.05, 0) is 52.8 Å². The molecule has 3 N–H and O–H groups in total. The predicted octanol–water partition coefficient (Wildman–Crippen LogP) is 4.09. The number of methoxy groups -OCH3 is 2. The fraction of sp³-hybridized carbons (Fsp3) is 0.655. The summed E-state index contributed by atoms with van der Waals surface area (Å²) in [5.74, 6) is -2.03. The van der Waals surface area contributed by atoms with Gasteiger partial charge in [0.2, 0.25) is 20.6 Å². The van der Waals surface area contributed by atoms with E-state index in [1.165, 1.54) is 18.9 Å². The second-order valence-electron chi connectivity index (χ2n) is 12.6. The molecule has 1 aromatic rings. The number of ether oxygens (including phenoxy) is 2. The Bertz CT molecular complexity index is 1160. The van der Waals surface area contributed by atoms with Crippen molar-refractivity contribution in [3.63, 3.8) is 0 Å². The number of carboxylic acids is 1. The van der Waals surface area contributed by atoms with Gasteiger partial charge >= 0.3 is 11.9 Å². The molecule has 3 atom stereocenters. The van der Waals surface area contributed by atoms with E-state index in [0.29, 0.717) is 27.7 Å². The number of hydroxylamine groups is 2. The smallest absolute Gasteiger partial charge is 0.336 e. The predicted molar refractivity (Wildman–Crippen MR) is 167 cm³/mol. The summed E-state index contributed by atoms with van der Waals surface area (Å²) in [7, 11) is 0.293. The Labute approximate surface area is 259 Å². The van der Waals surface area contributed by atoms with Crippen LogP contribution in [0.4, 0.5) is 0 Å². The van der Waals surface area contributed by atoms with Crippen LogP contribution in [0, 0.1) is 6.92 Å². The lowest BCUT2D eigenvalue weighted by atomic mass is 9.97. The zero-order valence-electron chi connectivity index (χ0n) is 27.3. The Hall–Kier alpha value is -2.81. The van der Waals surface area contributed by atoms with Crippen molar-refractivity contribution < 1.29 is 48.1 Å². The Morgan fingerprint density at radius 1 is 1.12 bits per heavy atom.